The Kier molecular flexibility index (Phi) is 4.78. The van der Waals surface area contributed by atoms with Gasteiger partial charge in [-0.1, -0.05) is 40.2 Å². The van der Waals surface area contributed by atoms with Crippen molar-refractivity contribution in [3.8, 4) is 0 Å². The van der Waals surface area contributed by atoms with E-state index in [1.165, 1.54) is 6.07 Å². The lowest BCUT2D eigenvalue weighted by atomic mass is 10.1. The van der Waals surface area contributed by atoms with E-state index in [0.29, 0.717) is 12.1 Å². The number of nitrogens with two attached hydrogens (primary N) is 1. The lowest BCUT2D eigenvalue weighted by molar-refractivity contribution is 0.608. The summed E-state index contributed by atoms with van der Waals surface area (Å²) in [7, 11) is 1.94. The fourth-order valence-corrected chi connectivity index (χ4v) is 2.82. The van der Waals surface area contributed by atoms with Crippen molar-refractivity contribution < 1.29 is 4.39 Å². The molecule has 0 aliphatic rings. The normalized spacial score (nSPS) is 12.2. The second-order valence-corrected chi connectivity index (χ2v) is 5.80. The molecule has 0 spiro atoms. The average molecular weight is 337 g/mol. The maximum absolute atomic E-state index is 13.7. The van der Waals surface area contributed by atoms with Gasteiger partial charge in [0.05, 0.1) is 0 Å². The molecule has 0 saturated carbocycles. The molecule has 20 heavy (non-hydrogen) atoms. The Labute approximate surface area is 127 Å². The summed E-state index contributed by atoms with van der Waals surface area (Å²) in [6, 6.07) is 12.8. The number of benzene rings is 2. The minimum absolute atomic E-state index is 0.0182. The molecule has 0 fully saturated rings. The lowest BCUT2D eigenvalue weighted by Crippen LogP contribution is -2.17. The average Bonchev–Trinajstić information content (AvgIpc) is 2.40. The highest BCUT2D eigenvalue weighted by atomic mass is 79.9. The number of hydrogen-bond acceptors (Lipinski definition) is 2. The Morgan fingerprint density at radius 3 is 2.55 bits per heavy atom. The van der Waals surface area contributed by atoms with E-state index in [4.69, 9.17) is 5.73 Å². The summed E-state index contributed by atoms with van der Waals surface area (Å²) in [4.78, 5) is 2.01. The van der Waals surface area contributed by atoms with E-state index in [0.717, 1.165) is 15.7 Å². The molecule has 1 atom stereocenters. The summed E-state index contributed by atoms with van der Waals surface area (Å²) in [5.41, 5.74) is 8.65. The van der Waals surface area contributed by atoms with Crippen LogP contribution in [-0.4, -0.2) is 7.05 Å². The lowest BCUT2D eigenvalue weighted by Gasteiger charge is -2.21. The minimum Gasteiger partial charge on any atom is -0.370 e. The Hall–Kier alpha value is -1.39. The van der Waals surface area contributed by atoms with Crippen LogP contribution < -0.4 is 10.6 Å². The van der Waals surface area contributed by atoms with Gasteiger partial charge in [0.2, 0.25) is 0 Å². The van der Waals surface area contributed by atoms with E-state index in [-0.39, 0.29) is 11.9 Å². The predicted molar refractivity (Wildman–Crippen MR) is 85.3 cm³/mol. The van der Waals surface area contributed by atoms with Gasteiger partial charge in [-0.25, -0.2) is 4.39 Å². The molecule has 0 unspecified atom stereocenters. The number of halogens is 2. The Bertz CT molecular complexity index is 599. The van der Waals surface area contributed by atoms with Gasteiger partial charge in [-0.15, -0.1) is 0 Å². The fraction of sp³-hybridized carbons (Fsp3) is 0.250. The molecule has 106 valence electrons. The Balaban J connectivity index is 2.20. The van der Waals surface area contributed by atoms with Crippen LogP contribution in [0, 0.1) is 5.82 Å². The summed E-state index contributed by atoms with van der Waals surface area (Å²) in [6.45, 7) is 2.47. The Morgan fingerprint density at radius 1 is 1.25 bits per heavy atom. The van der Waals surface area contributed by atoms with Crippen LogP contribution in [0.3, 0.4) is 0 Å². The van der Waals surface area contributed by atoms with Crippen LogP contribution in [0.4, 0.5) is 10.1 Å². The number of anilines is 1. The second kappa shape index (κ2) is 6.37. The zero-order valence-electron chi connectivity index (χ0n) is 11.6. The van der Waals surface area contributed by atoms with Crippen molar-refractivity contribution in [3.63, 3.8) is 0 Å². The minimum atomic E-state index is -0.175. The largest absolute Gasteiger partial charge is 0.370 e. The molecule has 2 aromatic carbocycles. The second-order valence-electron chi connectivity index (χ2n) is 4.94. The van der Waals surface area contributed by atoms with Crippen LogP contribution >= 0.6 is 15.9 Å². The van der Waals surface area contributed by atoms with Crippen molar-refractivity contribution in [2.45, 2.75) is 19.5 Å². The van der Waals surface area contributed by atoms with E-state index in [9.17, 15) is 4.39 Å². The van der Waals surface area contributed by atoms with Crippen LogP contribution in [0.5, 0.6) is 0 Å². The van der Waals surface area contributed by atoms with Crippen molar-refractivity contribution in [1.82, 2.24) is 0 Å². The van der Waals surface area contributed by atoms with E-state index in [1.807, 2.05) is 43.1 Å². The zero-order chi connectivity index (χ0) is 14.7. The molecule has 2 N–H and O–H groups in total. The van der Waals surface area contributed by atoms with Gasteiger partial charge in [0.15, 0.2) is 0 Å². The molecule has 4 heteroatoms. The van der Waals surface area contributed by atoms with Gasteiger partial charge in [0.25, 0.3) is 0 Å². The van der Waals surface area contributed by atoms with E-state index in [1.54, 1.807) is 12.1 Å². The third-order valence-corrected chi connectivity index (χ3v) is 3.97. The summed E-state index contributed by atoms with van der Waals surface area (Å²) in [5, 5.41) is 0. The maximum atomic E-state index is 13.7. The van der Waals surface area contributed by atoms with Crippen LogP contribution in [0.1, 0.15) is 24.1 Å². The molecule has 0 heterocycles. The fourth-order valence-electron chi connectivity index (χ4n) is 2.10. The van der Waals surface area contributed by atoms with Crippen molar-refractivity contribution in [2.75, 3.05) is 11.9 Å². The van der Waals surface area contributed by atoms with Gasteiger partial charge in [-0.2, -0.15) is 0 Å². The first-order valence-corrected chi connectivity index (χ1v) is 7.28. The standard InChI is InChI=1S/C16H18BrFN2/c1-11(19)14-8-7-13(9-15(14)17)20(2)10-12-5-3-4-6-16(12)18/h3-9,11H,10,19H2,1-2H3/t11-/m1/s1. The first kappa shape index (κ1) is 15.0. The Morgan fingerprint density at radius 2 is 1.95 bits per heavy atom. The predicted octanol–water partition coefficient (Wildman–Crippen LogP) is 4.24. The smallest absolute Gasteiger partial charge is 0.128 e. The maximum Gasteiger partial charge on any atom is 0.128 e. The molecular formula is C16H18BrFN2. The summed E-state index contributed by atoms with van der Waals surface area (Å²) in [5.74, 6) is -0.175. The van der Waals surface area contributed by atoms with Gasteiger partial charge in [-0.3, -0.25) is 0 Å². The SMILES string of the molecule is C[C@@H](N)c1ccc(N(C)Cc2ccccc2F)cc1Br. The van der Waals surface area contributed by atoms with Crippen molar-refractivity contribution in [1.29, 1.82) is 0 Å². The number of hydrogen-bond donors (Lipinski definition) is 1. The molecule has 0 aliphatic carbocycles. The molecule has 0 radical (unpaired) electrons. The van der Waals surface area contributed by atoms with Crippen molar-refractivity contribution in [3.05, 3.63) is 63.9 Å². The summed E-state index contributed by atoms with van der Waals surface area (Å²) in [6.07, 6.45) is 0. The summed E-state index contributed by atoms with van der Waals surface area (Å²) >= 11 is 3.54. The molecule has 0 saturated heterocycles. The molecule has 0 bridgehead atoms. The quantitative estimate of drug-likeness (QED) is 0.904. The van der Waals surface area contributed by atoms with Gasteiger partial charge in [0, 0.05) is 35.4 Å². The van der Waals surface area contributed by atoms with Gasteiger partial charge in [-0.05, 0) is 30.7 Å². The number of rotatable bonds is 4. The first-order chi connectivity index (χ1) is 9.49. The molecule has 2 rings (SSSR count). The van der Waals surface area contributed by atoms with Gasteiger partial charge < -0.3 is 10.6 Å². The van der Waals surface area contributed by atoms with Crippen LogP contribution in [0.25, 0.3) is 0 Å². The highest BCUT2D eigenvalue weighted by Gasteiger charge is 2.10. The highest BCUT2D eigenvalue weighted by Crippen LogP contribution is 2.27. The van der Waals surface area contributed by atoms with Crippen LogP contribution in [0.15, 0.2) is 46.9 Å². The highest BCUT2D eigenvalue weighted by molar-refractivity contribution is 9.10. The molecular weight excluding hydrogens is 319 g/mol. The molecule has 2 aromatic rings. The van der Waals surface area contributed by atoms with Crippen LogP contribution in [-0.2, 0) is 6.54 Å². The van der Waals surface area contributed by atoms with E-state index >= 15 is 0 Å². The molecule has 0 aliphatic heterocycles. The van der Waals surface area contributed by atoms with E-state index in [2.05, 4.69) is 15.9 Å². The van der Waals surface area contributed by atoms with Gasteiger partial charge >= 0.3 is 0 Å². The van der Waals surface area contributed by atoms with E-state index < -0.39 is 0 Å². The molecule has 0 aromatic heterocycles. The van der Waals surface area contributed by atoms with Gasteiger partial charge in [0.1, 0.15) is 5.82 Å². The van der Waals surface area contributed by atoms with Crippen molar-refractivity contribution >= 4 is 21.6 Å². The van der Waals surface area contributed by atoms with Crippen LogP contribution in [0.2, 0.25) is 0 Å². The zero-order valence-corrected chi connectivity index (χ0v) is 13.2. The third kappa shape index (κ3) is 3.38. The monoisotopic (exact) mass is 336 g/mol. The number of nitrogens with zero attached hydrogens (tertiary/aromatic N) is 1. The molecule has 2 nitrogen and oxygen atoms in total. The molecule has 0 amide bonds. The van der Waals surface area contributed by atoms with Crippen molar-refractivity contribution in [2.24, 2.45) is 5.73 Å². The summed E-state index contributed by atoms with van der Waals surface area (Å²) < 4.78 is 14.6. The first-order valence-electron chi connectivity index (χ1n) is 6.48. The third-order valence-electron chi connectivity index (χ3n) is 3.28. The topological polar surface area (TPSA) is 29.3 Å².